The molecule has 0 aliphatic heterocycles. The zero-order valence-electron chi connectivity index (χ0n) is 22.0. The highest BCUT2D eigenvalue weighted by molar-refractivity contribution is 5.93. The first-order valence-corrected chi connectivity index (χ1v) is 13.5. The van der Waals surface area contributed by atoms with Crippen molar-refractivity contribution in [2.24, 2.45) is 17.3 Å². The fraction of sp³-hybridized carbons (Fsp3) is 0.600. The molecular formula is C30H32F5NO3. The lowest BCUT2D eigenvalue weighted by Gasteiger charge is -2.56. The average Bonchev–Trinajstić information content (AvgIpc) is 3.17. The number of carbonyl (C=O) groups is 1. The third-order valence-electron chi connectivity index (χ3n) is 9.97. The molecule has 3 unspecified atom stereocenters. The molecule has 4 nitrogen and oxygen atoms in total. The van der Waals surface area contributed by atoms with Crippen LogP contribution in [0.1, 0.15) is 81.9 Å². The second kappa shape index (κ2) is 9.52. The Kier molecular flexibility index (Phi) is 6.83. The number of nitrogens with zero attached hydrogens (tertiary/aromatic N) is 1. The Bertz CT molecular complexity index is 1260. The number of hydrogen-bond acceptors (Lipinski definition) is 4. The average molecular weight is 550 g/mol. The van der Waals surface area contributed by atoms with Gasteiger partial charge >= 0.3 is 12.1 Å². The van der Waals surface area contributed by atoms with Crippen LogP contribution in [-0.2, 0) is 9.53 Å². The van der Waals surface area contributed by atoms with Gasteiger partial charge in [0.15, 0.2) is 5.78 Å². The molecule has 2 saturated carbocycles. The first-order chi connectivity index (χ1) is 18.2. The molecular weight excluding hydrogens is 517 g/mol. The Morgan fingerprint density at radius 1 is 1.13 bits per heavy atom. The van der Waals surface area contributed by atoms with Crippen LogP contribution in [0.3, 0.4) is 0 Å². The van der Waals surface area contributed by atoms with Gasteiger partial charge in [-0.15, -0.1) is 0 Å². The molecule has 0 amide bonds. The van der Waals surface area contributed by atoms with E-state index in [0.717, 1.165) is 27.8 Å². The van der Waals surface area contributed by atoms with Crippen molar-refractivity contribution in [3.63, 3.8) is 0 Å². The van der Waals surface area contributed by atoms with E-state index in [2.05, 4.69) is 0 Å². The number of carbonyl (C=O) groups excluding carboxylic acids is 1. The number of rotatable bonds is 5. The first kappa shape index (κ1) is 28.0. The van der Waals surface area contributed by atoms with Crippen molar-refractivity contribution in [3.8, 4) is 6.07 Å². The quantitative estimate of drug-likeness (QED) is 0.397. The molecule has 0 spiro atoms. The third-order valence-corrected chi connectivity index (χ3v) is 9.97. The molecule has 2 fully saturated rings. The zero-order chi connectivity index (χ0) is 28.4. The number of aliphatic hydroxyl groups is 1. The predicted octanol–water partition coefficient (Wildman–Crippen LogP) is 7.12. The van der Waals surface area contributed by atoms with Gasteiger partial charge < -0.3 is 9.84 Å². The lowest BCUT2D eigenvalue weighted by Crippen LogP contribution is -2.65. The standard InChI is InChI=1S/C30H32F5NO3/c1-17(39-14-13-36)18-3-5-19(6-4-18)24-16-27(2)25(11-12-28(27,38)29(31,32)30(33,34)35)23-9-7-20-15-21(37)8-10-22(20)26(23)24/h3-6,15,17,23-25,38H,7-12,14,16H2,1-2H3/t17?,23-,24+,25?,27-,28?/m0/s1. The molecule has 210 valence electrons. The van der Waals surface area contributed by atoms with E-state index in [1.165, 1.54) is 6.92 Å². The molecule has 39 heavy (non-hydrogen) atoms. The van der Waals surface area contributed by atoms with Gasteiger partial charge in [0.05, 0.1) is 12.2 Å². The van der Waals surface area contributed by atoms with Crippen molar-refractivity contribution in [3.05, 3.63) is 58.2 Å². The molecule has 4 aliphatic rings. The number of nitriles is 1. The second-order valence-corrected chi connectivity index (χ2v) is 11.7. The molecule has 1 N–H and O–H groups in total. The van der Waals surface area contributed by atoms with Crippen LogP contribution >= 0.6 is 0 Å². The topological polar surface area (TPSA) is 70.3 Å². The minimum absolute atomic E-state index is 0.0424. The summed E-state index contributed by atoms with van der Waals surface area (Å²) in [5.74, 6) is -6.49. The summed E-state index contributed by atoms with van der Waals surface area (Å²) < 4.78 is 76.7. The zero-order valence-corrected chi connectivity index (χ0v) is 22.0. The van der Waals surface area contributed by atoms with Gasteiger partial charge in [-0.2, -0.15) is 27.2 Å². The van der Waals surface area contributed by atoms with E-state index in [-0.39, 0.29) is 37.3 Å². The van der Waals surface area contributed by atoms with E-state index in [4.69, 9.17) is 10.00 Å². The largest absolute Gasteiger partial charge is 0.456 e. The molecule has 5 rings (SSSR count). The van der Waals surface area contributed by atoms with Gasteiger partial charge in [-0.25, -0.2) is 0 Å². The fourth-order valence-electron chi connectivity index (χ4n) is 7.97. The maximum absolute atomic E-state index is 15.1. The van der Waals surface area contributed by atoms with Crippen LogP contribution in [0.2, 0.25) is 0 Å². The van der Waals surface area contributed by atoms with Crippen LogP contribution in [0.5, 0.6) is 0 Å². The number of ether oxygens (including phenoxy) is 1. The van der Waals surface area contributed by atoms with Gasteiger partial charge in [-0.05, 0) is 85.6 Å². The van der Waals surface area contributed by atoms with Crippen LogP contribution in [-0.4, -0.2) is 35.2 Å². The molecule has 1 aromatic carbocycles. The smallest absolute Gasteiger partial charge is 0.383 e. The fourth-order valence-corrected chi connectivity index (χ4v) is 7.97. The number of ketones is 1. The predicted molar refractivity (Wildman–Crippen MR) is 133 cm³/mol. The van der Waals surface area contributed by atoms with Gasteiger partial charge in [0.25, 0.3) is 0 Å². The molecule has 6 atom stereocenters. The Morgan fingerprint density at radius 3 is 2.46 bits per heavy atom. The van der Waals surface area contributed by atoms with E-state index in [1.54, 1.807) is 13.0 Å². The number of halogens is 5. The molecule has 1 aromatic rings. The summed E-state index contributed by atoms with van der Waals surface area (Å²) in [5, 5.41) is 20.1. The van der Waals surface area contributed by atoms with Crippen LogP contribution in [0.15, 0.2) is 47.1 Å². The lowest BCUT2D eigenvalue weighted by atomic mass is 9.50. The van der Waals surface area contributed by atoms with Gasteiger partial charge in [0.1, 0.15) is 12.2 Å². The molecule has 0 bridgehead atoms. The molecule has 4 aliphatic carbocycles. The van der Waals surface area contributed by atoms with Crippen LogP contribution in [0.4, 0.5) is 22.0 Å². The van der Waals surface area contributed by atoms with Crippen molar-refractivity contribution in [1.82, 2.24) is 0 Å². The van der Waals surface area contributed by atoms with Gasteiger partial charge in [-0.1, -0.05) is 36.8 Å². The number of benzene rings is 1. The van der Waals surface area contributed by atoms with Crippen LogP contribution < -0.4 is 0 Å². The summed E-state index contributed by atoms with van der Waals surface area (Å²) in [6.45, 7) is 3.14. The van der Waals surface area contributed by atoms with Crippen molar-refractivity contribution < 1.29 is 36.6 Å². The van der Waals surface area contributed by atoms with E-state index in [9.17, 15) is 23.1 Å². The monoisotopic (exact) mass is 549 g/mol. The van der Waals surface area contributed by atoms with Crippen molar-refractivity contribution in [2.45, 2.75) is 88.5 Å². The maximum atomic E-state index is 15.1. The SMILES string of the molecule is CC(OCC#N)c1ccc([C@H]2C[C@@]3(C)C(CCC3(O)C(F)(F)C(F)(F)F)[C@@H]3CCC4=CC(=O)CCC4=C32)cc1. The highest BCUT2D eigenvalue weighted by Gasteiger charge is 2.79. The molecule has 0 radical (unpaired) electrons. The van der Waals surface area contributed by atoms with Crippen molar-refractivity contribution in [2.75, 3.05) is 6.61 Å². The van der Waals surface area contributed by atoms with Crippen LogP contribution in [0.25, 0.3) is 0 Å². The van der Waals surface area contributed by atoms with Crippen molar-refractivity contribution in [1.29, 1.82) is 5.26 Å². The highest BCUT2D eigenvalue weighted by atomic mass is 19.4. The van der Waals surface area contributed by atoms with E-state index >= 15 is 8.78 Å². The van der Waals surface area contributed by atoms with Gasteiger partial charge in [0.2, 0.25) is 0 Å². The summed E-state index contributed by atoms with van der Waals surface area (Å²) in [7, 11) is 0. The summed E-state index contributed by atoms with van der Waals surface area (Å²) >= 11 is 0. The Labute approximate surface area is 224 Å². The first-order valence-electron chi connectivity index (χ1n) is 13.5. The molecule has 0 saturated heterocycles. The number of hydrogen-bond donors (Lipinski definition) is 1. The molecule has 0 aromatic heterocycles. The van der Waals surface area contributed by atoms with E-state index < -0.39 is 41.4 Å². The molecule has 9 heteroatoms. The minimum atomic E-state index is -5.87. The minimum Gasteiger partial charge on any atom is -0.383 e. The number of allylic oxidation sites excluding steroid dienone is 4. The maximum Gasteiger partial charge on any atom is 0.456 e. The van der Waals surface area contributed by atoms with E-state index in [0.29, 0.717) is 25.7 Å². The summed E-state index contributed by atoms with van der Waals surface area (Å²) in [6.07, 6.45) is -3.21. The Balaban J connectivity index is 1.63. The lowest BCUT2D eigenvalue weighted by molar-refractivity contribution is -0.362. The van der Waals surface area contributed by atoms with Gasteiger partial charge in [-0.3, -0.25) is 4.79 Å². The second-order valence-electron chi connectivity index (χ2n) is 11.7. The normalized spacial score (nSPS) is 33.6. The Morgan fingerprint density at radius 2 is 1.82 bits per heavy atom. The van der Waals surface area contributed by atoms with Crippen LogP contribution in [0, 0.1) is 28.6 Å². The highest BCUT2D eigenvalue weighted by Crippen LogP contribution is 2.70. The van der Waals surface area contributed by atoms with Crippen molar-refractivity contribution >= 4 is 5.78 Å². The third kappa shape index (κ3) is 4.17. The number of alkyl halides is 5. The molecule has 0 heterocycles. The summed E-state index contributed by atoms with van der Waals surface area (Å²) in [5.41, 5.74) is -0.337. The number of fused-ring (bicyclic) bond motifs is 4. The van der Waals surface area contributed by atoms with Gasteiger partial charge in [0, 0.05) is 17.8 Å². The Hall–Kier alpha value is -2.57. The summed E-state index contributed by atoms with van der Waals surface area (Å²) in [4.78, 5) is 12.2. The summed E-state index contributed by atoms with van der Waals surface area (Å²) in [6, 6.07) is 9.24. The van der Waals surface area contributed by atoms with E-state index in [1.807, 2.05) is 30.3 Å².